The molecule has 0 atom stereocenters. The van der Waals surface area contributed by atoms with Crippen molar-refractivity contribution in [2.24, 2.45) is 5.16 Å². The molecule has 1 amide bonds. The quantitative estimate of drug-likeness (QED) is 0.416. The van der Waals surface area contributed by atoms with E-state index in [4.69, 9.17) is 19.4 Å². The van der Waals surface area contributed by atoms with Gasteiger partial charge in [0.2, 0.25) is 0 Å². The van der Waals surface area contributed by atoms with Crippen molar-refractivity contribution in [1.82, 2.24) is 0 Å². The maximum atomic E-state index is 12.0. The van der Waals surface area contributed by atoms with Gasteiger partial charge >= 0.3 is 0 Å². The predicted molar refractivity (Wildman–Crippen MR) is 97.2 cm³/mol. The van der Waals surface area contributed by atoms with Crippen molar-refractivity contribution in [3.05, 3.63) is 46.4 Å². The van der Waals surface area contributed by atoms with E-state index in [2.05, 4.69) is 26.4 Å². The summed E-state index contributed by atoms with van der Waals surface area (Å²) in [6.45, 7) is -0.200. The van der Waals surface area contributed by atoms with E-state index in [0.29, 0.717) is 33.0 Å². The number of halogens is 1. The summed E-state index contributed by atoms with van der Waals surface area (Å²) in [5.74, 6) is 1.17. The molecular weight excluding hydrogens is 392 g/mol. The Morgan fingerprint density at radius 2 is 1.96 bits per heavy atom. The number of hydrogen-bond acceptors (Lipinski definition) is 6. The number of anilines is 1. The normalized spacial score (nSPS) is 10.5. The Balaban J connectivity index is 2.03. The van der Waals surface area contributed by atoms with Gasteiger partial charge in [-0.3, -0.25) is 4.79 Å². The molecule has 0 aliphatic rings. The summed E-state index contributed by atoms with van der Waals surface area (Å²) >= 11 is 3.35. The van der Waals surface area contributed by atoms with Gasteiger partial charge in [-0.2, -0.15) is 0 Å². The molecule has 132 valence electrons. The van der Waals surface area contributed by atoms with E-state index in [1.54, 1.807) is 43.5 Å². The highest BCUT2D eigenvalue weighted by Gasteiger charge is 2.13. The fourth-order valence-electron chi connectivity index (χ4n) is 2.03. The molecule has 0 saturated carbocycles. The molecule has 7 nitrogen and oxygen atoms in total. The molecule has 0 aliphatic heterocycles. The molecule has 0 aromatic heterocycles. The van der Waals surface area contributed by atoms with Gasteiger partial charge in [0.05, 0.1) is 24.9 Å². The van der Waals surface area contributed by atoms with E-state index in [-0.39, 0.29) is 12.5 Å². The Bertz CT molecular complexity index is 762. The first-order chi connectivity index (χ1) is 12.1. The van der Waals surface area contributed by atoms with Crippen LogP contribution in [0.2, 0.25) is 0 Å². The van der Waals surface area contributed by atoms with Gasteiger partial charge in [0.1, 0.15) is 5.75 Å². The van der Waals surface area contributed by atoms with E-state index in [1.165, 1.54) is 13.3 Å². The van der Waals surface area contributed by atoms with Crippen LogP contribution in [-0.4, -0.2) is 38.2 Å². The first-order valence-corrected chi connectivity index (χ1v) is 7.98. The predicted octanol–water partition coefficient (Wildman–Crippen LogP) is 3.29. The van der Waals surface area contributed by atoms with Crippen molar-refractivity contribution >= 4 is 33.7 Å². The van der Waals surface area contributed by atoms with Gasteiger partial charge in [0.15, 0.2) is 18.1 Å². The molecule has 2 aromatic rings. The maximum Gasteiger partial charge on any atom is 0.262 e. The van der Waals surface area contributed by atoms with Crippen LogP contribution in [0.1, 0.15) is 5.56 Å². The van der Waals surface area contributed by atoms with Crippen molar-refractivity contribution in [2.75, 3.05) is 26.1 Å². The third-order valence-corrected chi connectivity index (χ3v) is 3.77. The highest BCUT2D eigenvalue weighted by Crippen LogP contribution is 2.36. The average molecular weight is 409 g/mol. The molecule has 0 fully saturated rings. The molecule has 0 spiro atoms. The number of rotatable bonds is 7. The topological polar surface area (TPSA) is 89.4 Å². The molecule has 0 heterocycles. The molecule has 0 unspecified atom stereocenters. The summed E-state index contributed by atoms with van der Waals surface area (Å²) < 4.78 is 16.4. The smallest absolute Gasteiger partial charge is 0.262 e. The van der Waals surface area contributed by atoms with Gasteiger partial charge in [0, 0.05) is 11.3 Å². The second-order valence-electron chi connectivity index (χ2n) is 4.84. The van der Waals surface area contributed by atoms with Crippen LogP contribution >= 0.6 is 15.9 Å². The average Bonchev–Trinajstić information content (AvgIpc) is 2.61. The lowest BCUT2D eigenvalue weighted by molar-refractivity contribution is -0.118. The lowest BCUT2D eigenvalue weighted by Crippen LogP contribution is -2.20. The summed E-state index contributed by atoms with van der Waals surface area (Å²) in [4.78, 5) is 12.0. The van der Waals surface area contributed by atoms with Gasteiger partial charge in [-0.05, 0) is 52.3 Å². The van der Waals surface area contributed by atoms with Gasteiger partial charge in [-0.25, -0.2) is 0 Å². The zero-order valence-electron chi connectivity index (χ0n) is 13.7. The van der Waals surface area contributed by atoms with Crippen LogP contribution in [0, 0.1) is 0 Å². The first-order valence-electron chi connectivity index (χ1n) is 7.19. The van der Waals surface area contributed by atoms with Gasteiger partial charge in [-0.15, -0.1) is 0 Å². The summed E-state index contributed by atoms with van der Waals surface area (Å²) in [6.07, 6.45) is 1.26. The van der Waals surface area contributed by atoms with Crippen molar-refractivity contribution in [1.29, 1.82) is 0 Å². The number of hydrogen-bond donors (Lipinski definition) is 2. The largest absolute Gasteiger partial charge is 0.497 e. The fraction of sp³-hybridized carbons (Fsp3) is 0.176. The van der Waals surface area contributed by atoms with E-state index >= 15 is 0 Å². The second-order valence-corrected chi connectivity index (χ2v) is 5.70. The molecule has 25 heavy (non-hydrogen) atoms. The SMILES string of the molecule is COc1ccc(NC(=O)COc2c(Br)cc(C=NO)cc2OC)cc1. The minimum absolute atomic E-state index is 0.200. The highest BCUT2D eigenvalue weighted by molar-refractivity contribution is 9.10. The minimum atomic E-state index is -0.319. The third-order valence-electron chi connectivity index (χ3n) is 3.18. The summed E-state index contributed by atoms with van der Waals surface area (Å²) in [6, 6.07) is 10.3. The van der Waals surface area contributed by atoms with Crippen LogP contribution < -0.4 is 19.5 Å². The summed E-state index contributed by atoms with van der Waals surface area (Å²) in [5, 5.41) is 14.3. The van der Waals surface area contributed by atoms with E-state index in [9.17, 15) is 4.79 Å². The van der Waals surface area contributed by atoms with Crippen LogP contribution in [0.5, 0.6) is 17.2 Å². The Labute approximate surface area is 153 Å². The van der Waals surface area contributed by atoms with Crippen molar-refractivity contribution in [2.45, 2.75) is 0 Å². The fourth-order valence-corrected chi connectivity index (χ4v) is 2.60. The van der Waals surface area contributed by atoms with Gasteiger partial charge in [0.25, 0.3) is 5.91 Å². The molecule has 0 aliphatic carbocycles. The zero-order chi connectivity index (χ0) is 18.2. The number of methoxy groups -OCH3 is 2. The molecule has 0 saturated heterocycles. The van der Waals surface area contributed by atoms with E-state index in [0.717, 1.165) is 0 Å². The molecular formula is C17H17BrN2O5. The zero-order valence-corrected chi connectivity index (χ0v) is 15.2. The number of carbonyl (C=O) groups is 1. The Hall–Kier alpha value is -2.74. The standard InChI is InChI=1S/C17H17BrN2O5/c1-23-13-5-3-12(4-6-13)20-16(21)10-25-17-14(18)7-11(9-19-22)8-15(17)24-2/h3-9,22H,10H2,1-2H3,(H,20,21). The van der Waals surface area contributed by atoms with E-state index < -0.39 is 0 Å². The Morgan fingerprint density at radius 1 is 1.24 bits per heavy atom. The monoisotopic (exact) mass is 408 g/mol. The molecule has 0 bridgehead atoms. The van der Waals surface area contributed by atoms with Crippen LogP contribution in [0.15, 0.2) is 46.0 Å². The number of amides is 1. The maximum absolute atomic E-state index is 12.0. The number of carbonyl (C=O) groups excluding carboxylic acids is 1. The van der Waals surface area contributed by atoms with Crippen molar-refractivity contribution < 1.29 is 24.2 Å². The Kier molecular flexibility index (Phi) is 6.64. The number of nitrogens with one attached hydrogen (secondary N) is 1. The second kappa shape index (κ2) is 8.93. The summed E-state index contributed by atoms with van der Waals surface area (Å²) in [7, 11) is 3.05. The summed E-state index contributed by atoms with van der Waals surface area (Å²) in [5.41, 5.74) is 1.25. The Morgan fingerprint density at radius 3 is 2.56 bits per heavy atom. The molecule has 2 N–H and O–H groups in total. The number of benzene rings is 2. The van der Waals surface area contributed by atoms with Gasteiger partial charge < -0.3 is 24.7 Å². The van der Waals surface area contributed by atoms with Crippen molar-refractivity contribution in [3.8, 4) is 17.2 Å². The molecule has 2 rings (SSSR count). The molecule has 8 heteroatoms. The third kappa shape index (κ3) is 5.12. The van der Waals surface area contributed by atoms with Gasteiger partial charge in [-0.1, -0.05) is 5.16 Å². The van der Waals surface area contributed by atoms with Crippen LogP contribution in [-0.2, 0) is 4.79 Å². The number of nitrogens with zero attached hydrogens (tertiary/aromatic N) is 1. The highest BCUT2D eigenvalue weighted by atomic mass is 79.9. The first kappa shape index (κ1) is 18.6. The van der Waals surface area contributed by atoms with Crippen LogP contribution in [0.4, 0.5) is 5.69 Å². The lowest BCUT2D eigenvalue weighted by Gasteiger charge is -2.13. The number of oxime groups is 1. The van der Waals surface area contributed by atoms with Crippen LogP contribution in [0.25, 0.3) is 0 Å². The number of ether oxygens (including phenoxy) is 3. The van der Waals surface area contributed by atoms with Crippen molar-refractivity contribution in [3.63, 3.8) is 0 Å². The molecule has 2 aromatic carbocycles. The molecule has 0 radical (unpaired) electrons. The minimum Gasteiger partial charge on any atom is -0.497 e. The lowest BCUT2D eigenvalue weighted by atomic mass is 10.2. The van der Waals surface area contributed by atoms with Crippen LogP contribution in [0.3, 0.4) is 0 Å². The van der Waals surface area contributed by atoms with E-state index in [1.807, 2.05) is 0 Å².